The van der Waals surface area contributed by atoms with Crippen LogP contribution in [0.4, 0.5) is 11.4 Å². The minimum absolute atomic E-state index is 0.840. The van der Waals surface area contributed by atoms with Gasteiger partial charge in [0.05, 0.1) is 26.6 Å². The Morgan fingerprint density at radius 2 is 2.19 bits per heavy atom. The van der Waals surface area contributed by atoms with E-state index in [9.17, 15) is 0 Å². The van der Waals surface area contributed by atoms with E-state index in [4.69, 9.17) is 5.73 Å². The van der Waals surface area contributed by atoms with Crippen LogP contribution in [0.1, 0.15) is 18.4 Å². The van der Waals surface area contributed by atoms with E-state index in [2.05, 4.69) is 29.9 Å². The summed E-state index contributed by atoms with van der Waals surface area (Å²) in [5.74, 6) is 0. The Morgan fingerprint density at radius 1 is 1.44 bits per heavy atom. The van der Waals surface area contributed by atoms with Crippen molar-refractivity contribution in [3.8, 4) is 0 Å². The molecule has 2 rings (SSSR count). The summed E-state index contributed by atoms with van der Waals surface area (Å²) < 4.78 is 1.17. The van der Waals surface area contributed by atoms with E-state index in [1.165, 1.54) is 4.70 Å². The van der Waals surface area contributed by atoms with Crippen LogP contribution >= 0.6 is 11.3 Å². The van der Waals surface area contributed by atoms with Gasteiger partial charge in [-0.25, -0.2) is 4.98 Å². The normalized spacial score (nSPS) is 10.9. The highest BCUT2D eigenvalue weighted by Gasteiger charge is 2.09. The van der Waals surface area contributed by atoms with Crippen LogP contribution in [0, 0.1) is 6.92 Å². The number of fused-ring (bicyclic) bond motifs is 1. The SMILES string of the molecule is CCCN(C)c1cc2nc(C)sc2cc1N. The van der Waals surface area contributed by atoms with Gasteiger partial charge in [-0.05, 0) is 25.5 Å². The lowest BCUT2D eigenvalue weighted by molar-refractivity contribution is 0.854. The largest absolute Gasteiger partial charge is 0.397 e. The summed E-state index contributed by atoms with van der Waals surface area (Å²) in [6.45, 7) is 5.20. The van der Waals surface area contributed by atoms with Gasteiger partial charge in [-0.1, -0.05) is 6.92 Å². The lowest BCUT2D eigenvalue weighted by Gasteiger charge is -2.20. The molecule has 0 aliphatic rings. The number of rotatable bonds is 3. The molecule has 0 aliphatic heterocycles. The zero-order valence-electron chi connectivity index (χ0n) is 9.95. The minimum atomic E-state index is 0.840. The van der Waals surface area contributed by atoms with Crippen molar-refractivity contribution >= 4 is 32.9 Å². The summed E-state index contributed by atoms with van der Waals surface area (Å²) >= 11 is 1.69. The van der Waals surface area contributed by atoms with Crippen LogP contribution in [-0.2, 0) is 0 Å². The van der Waals surface area contributed by atoms with Gasteiger partial charge in [0.25, 0.3) is 0 Å². The number of hydrogen-bond donors (Lipinski definition) is 1. The number of benzene rings is 1. The van der Waals surface area contributed by atoms with E-state index in [-0.39, 0.29) is 0 Å². The molecule has 2 N–H and O–H groups in total. The highest BCUT2D eigenvalue weighted by molar-refractivity contribution is 7.18. The molecule has 0 fully saturated rings. The lowest BCUT2D eigenvalue weighted by Crippen LogP contribution is -2.18. The van der Waals surface area contributed by atoms with Gasteiger partial charge in [-0.15, -0.1) is 11.3 Å². The van der Waals surface area contributed by atoms with Crippen molar-refractivity contribution in [2.24, 2.45) is 0 Å². The maximum atomic E-state index is 6.06. The molecule has 4 heteroatoms. The van der Waals surface area contributed by atoms with Crippen LogP contribution in [0.25, 0.3) is 10.2 Å². The molecular weight excluding hydrogens is 218 g/mol. The summed E-state index contributed by atoms with van der Waals surface area (Å²) in [7, 11) is 2.07. The Balaban J connectivity index is 2.48. The molecule has 0 atom stereocenters. The first kappa shape index (κ1) is 11.2. The fourth-order valence-corrected chi connectivity index (χ4v) is 2.74. The lowest BCUT2D eigenvalue weighted by atomic mass is 10.2. The predicted molar refractivity (Wildman–Crippen MR) is 72.3 cm³/mol. The Morgan fingerprint density at radius 3 is 2.88 bits per heavy atom. The molecule has 0 bridgehead atoms. The molecule has 0 radical (unpaired) electrons. The molecule has 3 nitrogen and oxygen atoms in total. The van der Waals surface area contributed by atoms with E-state index in [1.807, 2.05) is 13.0 Å². The van der Waals surface area contributed by atoms with Gasteiger partial charge in [0.2, 0.25) is 0 Å². The second kappa shape index (κ2) is 4.29. The average molecular weight is 235 g/mol. The topological polar surface area (TPSA) is 42.2 Å². The van der Waals surface area contributed by atoms with E-state index in [0.29, 0.717) is 0 Å². The summed E-state index contributed by atoms with van der Waals surface area (Å²) in [5.41, 5.74) is 9.04. The Hall–Kier alpha value is -1.29. The van der Waals surface area contributed by atoms with Crippen molar-refractivity contribution in [2.45, 2.75) is 20.3 Å². The van der Waals surface area contributed by atoms with Crippen LogP contribution in [0.2, 0.25) is 0 Å². The number of thiazole rings is 1. The number of nitrogens with zero attached hydrogens (tertiary/aromatic N) is 2. The molecule has 1 aromatic heterocycles. The molecule has 0 aliphatic carbocycles. The fourth-order valence-electron chi connectivity index (χ4n) is 1.88. The molecule has 0 amide bonds. The van der Waals surface area contributed by atoms with Crippen molar-refractivity contribution in [3.63, 3.8) is 0 Å². The first-order valence-corrected chi connectivity index (χ1v) is 6.31. The van der Waals surface area contributed by atoms with Crippen LogP contribution < -0.4 is 10.6 Å². The van der Waals surface area contributed by atoms with Gasteiger partial charge >= 0.3 is 0 Å². The summed E-state index contributed by atoms with van der Waals surface area (Å²) in [4.78, 5) is 6.68. The molecule has 0 unspecified atom stereocenters. The minimum Gasteiger partial charge on any atom is -0.397 e. The first-order chi connectivity index (χ1) is 7.61. The Labute approximate surface area is 99.9 Å². The Bertz CT molecular complexity index is 504. The smallest absolute Gasteiger partial charge is 0.0907 e. The van der Waals surface area contributed by atoms with Crippen molar-refractivity contribution in [1.82, 2.24) is 4.98 Å². The Kier molecular flexibility index (Phi) is 3.01. The quantitative estimate of drug-likeness (QED) is 0.831. The zero-order valence-corrected chi connectivity index (χ0v) is 10.8. The van der Waals surface area contributed by atoms with Gasteiger partial charge in [-0.2, -0.15) is 0 Å². The van der Waals surface area contributed by atoms with Crippen LogP contribution in [-0.4, -0.2) is 18.6 Å². The number of aryl methyl sites for hydroxylation is 1. The number of nitrogen functional groups attached to an aromatic ring is 1. The maximum Gasteiger partial charge on any atom is 0.0907 e. The second-order valence-electron chi connectivity index (χ2n) is 4.03. The first-order valence-electron chi connectivity index (χ1n) is 5.49. The van der Waals surface area contributed by atoms with Gasteiger partial charge in [0, 0.05) is 13.6 Å². The molecule has 86 valence electrons. The summed E-state index contributed by atoms with van der Waals surface area (Å²) in [5, 5.41) is 1.09. The molecule has 16 heavy (non-hydrogen) atoms. The van der Waals surface area contributed by atoms with Crippen molar-refractivity contribution in [1.29, 1.82) is 0 Å². The highest BCUT2D eigenvalue weighted by Crippen LogP contribution is 2.31. The number of aromatic nitrogens is 1. The predicted octanol–water partition coefficient (Wildman–Crippen LogP) is 3.03. The van der Waals surface area contributed by atoms with Crippen LogP contribution in [0.3, 0.4) is 0 Å². The van der Waals surface area contributed by atoms with Crippen molar-refractivity contribution < 1.29 is 0 Å². The highest BCUT2D eigenvalue weighted by atomic mass is 32.1. The standard InChI is InChI=1S/C12H17N3S/c1-4-5-15(3)11-7-10-12(6-9(11)13)16-8(2)14-10/h6-7H,4-5,13H2,1-3H3. The van der Waals surface area contributed by atoms with E-state index < -0.39 is 0 Å². The maximum absolute atomic E-state index is 6.06. The van der Waals surface area contributed by atoms with E-state index in [1.54, 1.807) is 11.3 Å². The molecule has 1 aromatic carbocycles. The molecule has 0 spiro atoms. The number of anilines is 2. The van der Waals surface area contributed by atoms with Gasteiger partial charge < -0.3 is 10.6 Å². The van der Waals surface area contributed by atoms with Gasteiger partial charge in [-0.3, -0.25) is 0 Å². The third-order valence-corrected chi connectivity index (χ3v) is 3.55. The zero-order chi connectivity index (χ0) is 11.7. The molecule has 1 heterocycles. The van der Waals surface area contributed by atoms with Crippen molar-refractivity contribution in [2.75, 3.05) is 24.2 Å². The fraction of sp³-hybridized carbons (Fsp3) is 0.417. The van der Waals surface area contributed by atoms with Crippen LogP contribution in [0.5, 0.6) is 0 Å². The summed E-state index contributed by atoms with van der Waals surface area (Å²) in [6.07, 6.45) is 1.12. The molecule has 0 saturated carbocycles. The summed E-state index contributed by atoms with van der Waals surface area (Å²) in [6, 6.07) is 4.12. The molecule has 2 aromatic rings. The van der Waals surface area contributed by atoms with Gasteiger partial charge in [0.1, 0.15) is 0 Å². The third-order valence-electron chi connectivity index (χ3n) is 2.61. The van der Waals surface area contributed by atoms with Crippen LogP contribution in [0.15, 0.2) is 12.1 Å². The van der Waals surface area contributed by atoms with Gasteiger partial charge in [0.15, 0.2) is 0 Å². The van der Waals surface area contributed by atoms with Crippen molar-refractivity contribution in [3.05, 3.63) is 17.1 Å². The number of nitrogens with two attached hydrogens (primary N) is 1. The average Bonchev–Trinajstić information content (AvgIpc) is 2.56. The van der Waals surface area contributed by atoms with E-state index >= 15 is 0 Å². The number of hydrogen-bond acceptors (Lipinski definition) is 4. The second-order valence-corrected chi connectivity index (χ2v) is 5.27. The monoisotopic (exact) mass is 235 g/mol. The molecular formula is C12H17N3S. The molecule has 0 saturated heterocycles. The third kappa shape index (κ3) is 1.97. The van der Waals surface area contributed by atoms with E-state index in [0.717, 1.165) is 34.9 Å².